The monoisotopic (exact) mass is 350 g/mol. The fourth-order valence-corrected chi connectivity index (χ4v) is 2.67. The zero-order chi connectivity index (χ0) is 16.7. The highest BCUT2D eigenvalue weighted by molar-refractivity contribution is 6.31. The van der Waals surface area contributed by atoms with E-state index in [9.17, 15) is 4.79 Å². The molecule has 0 radical (unpaired) electrons. The van der Waals surface area contributed by atoms with Gasteiger partial charge in [0, 0.05) is 22.6 Å². The van der Waals surface area contributed by atoms with Crippen LogP contribution in [-0.4, -0.2) is 19.0 Å². The summed E-state index contributed by atoms with van der Waals surface area (Å²) in [6.45, 7) is 2.85. The molecule has 1 atom stereocenters. The summed E-state index contributed by atoms with van der Waals surface area (Å²) in [7, 11) is 0. The quantitative estimate of drug-likeness (QED) is 0.792. The first-order valence-corrected chi connectivity index (χ1v) is 8.31. The van der Waals surface area contributed by atoms with Gasteiger partial charge in [0.2, 0.25) is 5.91 Å². The Morgan fingerprint density at radius 2 is 1.78 bits per heavy atom. The summed E-state index contributed by atoms with van der Waals surface area (Å²) in [4.78, 5) is 11.9. The SMILES string of the molecule is CC(NCC(=O)NCCc1ccc(Cl)cc1)c1ccccc1Cl. The fraction of sp³-hybridized carbons (Fsp3) is 0.278. The third kappa shape index (κ3) is 5.87. The summed E-state index contributed by atoms with van der Waals surface area (Å²) >= 11 is 12.0. The van der Waals surface area contributed by atoms with Crippen LogP contribution >= 0.6 is 23.2 Å². The van der Waals surface area contributed by atoms with E-state index in [1.807, 2.05) is 55.5 Å². The van der Waals surface area contributed by atoms with E-state index in [-0.39, 0.29) is 18.5 Å². The largest absolute Gasteiger partial charge is 0.355 e. The van der Waals surface area contributed by atoms with E-state index in [1.54, 1.807) is 0 Å². The molecule has 1 unspecified atom stereocenters. The predicted molar refractivity (Wildman–Crippen MR) is 96.0 cm³/mol. The highest BCUT2D eigenvalue weighted by Gasteiger charge is 2.10. The second-order valence-corrected chi connectivity index (χ2v) is 6.19. The number of halogens is 2. The van der Waals surface area contributed by atoms with Crippen molar-refractivity contribution in [1.29, 1.82) is 0 Å². The minimum atomic E-state index is -0.0298. The summed E-state index contributed by atoms with van der Waals surface area (Å²) < 4.78 is 0. The molecule has 0 aliphatic carbocycles. The van der Waals surface area contributed by atoms with E-state index in [4.69, 9.17) is 23.2 Å². The molecule has 2 N–H and O–H groups in total. The molecular formula is C18H20Cl2N2O. The van der Waals surface area contributed by atoms with Crippen LogP contribution in [0.1, 0.15) is 24.1 Å². The molecule has 0 saturated heterocycles. The van der Waals surface area contributed by atoms with Crippen molar-refractivity contribution in [2.45, 2.75) is 19.4 Å². The van der Waals surface area contributed by atoms with Gasteiger partial charge in [0.05, 0.1) is 6.54 Å². The van der Waals surface area contributed by atoms with E-state index in [0.717, 1.165) is 22.6 Å². The number of hydrogen-bond acceptors (Lipinski definition) is 2. The number of benzene rings is 2. The van der Waals surface area contributed by atoms with Crippen molar-refractivity contribution in [1.82, 2.24) is 10.6 Å². The average Bonchev–Trinajstić information content (AvgIpc) is 2.55. The zero-order valence-electron chi connectivity index (χ0n) is 13.0. The Bertz CT molecular complexity index is 644. The van der Waals surface area contributed by atoms with Crippen LogP contribution in [0.15, 0.2) is 48.5 Å². The highest BCUT2D eigenvalue weighted by Crippen LogP contribution is 2.21. The second-order valence-electron chi connectivity index (χ2n) is 5.35. The first kappa shape index (κ1) is 17.8. The van der Waals surface area contributed by atoms with E-state index < -0.39 is 0 Å². The molecule has 2 aromatic carbocycles. The lowest BCUT2D eigenvalue weighted by Gasteiger charge is -2.15. The summed E-state index contributed by atoms with van der Waals surface area (Å²) in [5.74, 6) is -0.0298. The van der Waals surface area contributed by atoms with Crippen molar-refractivity contribution in [3.05, 3.63) is 69.7 Å². The van der Waals surface area contributed by atoms with Crippen LogP contribution in [0.25, 0.3) is 0 Å². The lowest BCUT2D eigenvalue weighted by atomic mass is 10.1. The summed E-state index contributed by atoms with van der Waals surface area (Å²) in [5, 5.41) is 7.50. The van der Waals surface area contributed by atoms with Crippen LogP contribution in [0.5, 0.6) is 0 Å². The van der Waals surface area contributed by atoms with Gasteiger partial charge in [0.15, 0.2) is 0 Å². The van der Waals surface area contributed by atoms with Gasteiger partial charge in [-0.15, -0.1) is 0 Å². The van der Waals surface area contributed by atoms with Crippen molar-refractivity contribution in [2.75, 3.05) is 13.1 Å². The van der Waals surface area contributed by atoms with Crippen molar-refractivity contribution < 1.29 is 4.79 Å². The maximum atomic E-state index is 11.9. The maximum Gasteiger partial charge on any atom is 0.233 e. The molecule has 0 aromatic heterocycles. The molecule has 1 amide bonds. The Labute approximate surface area is 147 Å². The van der Waals surface area contributed by atoms with Crippen LogP contribution in [0.3, 0.4) is 0 Å². The maximum absolute atomic E-state index is 11.9. The number of amides is 1. The topological polar surface area (TPSA) is 41.1 Å². The molecule has 0 aliphatic heterocycles. The van der Waals surface area contributed by atoms with Gasteiger partial charge in [0.1, 0.15) is 0 Å². The van der Waals surface area contributed by atoms with Crippen molar-refractivity contribution in [2.24, 2.45) is 0 Å². The zero-order valence-corrected chi connectivity index (χ0v) is 14.5. The van der Waals surface area contributed by atoms with Gasteiger partial charge >= 0.3 is 0 Å². The van der Waals surface area contributed by atoms with Gasteiger partial charge < -0.3 is 10.6 Å². The molecule has 2 aromatic rings. The van der Waals surface area contributed by atoms with Gasteiger partial charge in [-0.3, -0.25) is 4.79 Å². The molecule has 2 rings (SSSR count). The Morgan fingerprint density at radius 3 is 2.48 bits per heavy atom. The van der Waals surface area contributed by atoms with E-state index >= 15 is 0 Å². The third-order valence-electron chi connectivity index (χ3n) is 3.59. The first-order valence-electron chi connectivity index (χ1n) is 7.55. The average molecular weight is 351 g/mol. The van der Waals surface area contributed by atoms with Crippen LogP contribution in [0.4, 0.5) is 0 Å². The molecule has 0 spiro atoms. The van der Waals surface area contributed by atoms with Crippen LogP contribution in [0.2, 0.25) is 10.0 Å². The predicted octanol–water partition coefficient (Wildman–Crippen LogP) is 4.00. The standard InChI is InChI=1S/C18H20Cl2N2O/c1-13(16-4-2-3-5-17(16)20)22-12-18(23)21-11-10-14-6-8-15(19)9-7-14/h2-9,13,22H,10-12H2,1H3,(H,21,23). The van der Waals surface area contributed by atoms with Crippen LogP contribution in [0, 0.1) is 0 Å². The van der Waals surface area contributed by atoms with Crippen molar-refractivity contribution >= 4 is 29.1 Å². The molecule has 3 nitrogen and oxygen atoms in total. The molecule has 5 heteroatoms. The second kappa shape index (κ2) is 8.92. The number of rotatable bonds is 7. The first-order chi connectivity index (χ1) is 11.1. The molecule has 0 saturated carbocycles. The smallest absolute Gasteiger partial charge is 0.233 e. The third-order valence-corrected chi connectivity index (χ3v) is 4.19. The summed E-state index contributed by atoms with van der Waals surface area (Å²) in [6, 6.07) is 15.3. The molecular weight excluding hydrogens is 331 g/mol. The van der Waals surface area contributed by atoms with E-state index in [0.29, 0.717) is 11.6 Å². The fourth-order valence-electron chi connectivity index (χ4n) is 2.24. The van der Waals surface area contributed by atoms with Gasteiger partial charge in [-0.1, -0.05) is 53.5 Å². The van der Waals surface area contributed by atoms with Gasteiger partial charge in [0.25, 0.3) is 0 Å². The number of hydrogen-bond donors (Lipinski definition) is 2. The lowest BCUT2D eigenvalue weighted by Crippen LogP contribution is -2.36. The van der Waals surface area contributed by atoms with E-state index in [1.165, 1.54) is 0 Å². The number of carbonyl (C=O) groups is 1. The van der Waals surface area contributed by atoms with Crippen molar-refractivity contribution in [3.8, 4) is 0 Å². The number of nitrogens with one attached hydrogen (secondary N) is 2. The normalized spacial score (nSPS) is 12.0. The molecule has 0 heterocycles. The lowest BCUT2D eigenvalue weighted by molar-refractivity contribution is -0.120. The van der Waals surface area contributed by atoms with Crippen LogP contribution < -0.4 is 10.6 Å². The Kier molecular flexibility index (Phi) is 6.90. The van der Waals surface area contributed by atoms with Gasteiger partial charge in [-0.2, -0.15) is 0 Å². The summed E-state index contributed by atoms with van der Waals surface area (Å²) in [6.07, 6.45) is 0.781. The van der Waals surface area contributed by atoms with Crippen molar-refractivity contribution in [3.63, 3.8) is 0 Å². The van der Waals surface area contributed by atoms with E-state index in [2.05, 4.69) is 10.6 Å². The van der Waals surface area contributed by atoms with Gasteiger partial charge in [-0.25, -0.2) is 0 Å². The molecule has 0 aliphatic rings. The summed E-state index contributed by atoms with van der Waals surface area (Å²) in [5.41, 5.74) is 2.13. The minimum Gasteiger partial charge on any atom is -0.355 e. The number of carbonyl (C=O) groups excluding carboxylic acids is 1. The Balaban J connectivity index is 1.71. The minimum absolute atomic E-state index is 0.0192. The Hall–Kier alpha value is -1.55. The molecule has 23 heavy (non-hydrogen) atoms. The highest BCUT2D eigenvalue weighted by atomic mass is 35.5. The molecule has 0 bridgehead atoms. The van der Waals surface area contributed by atoms with Crippen LogP contribution in [-0.2, 0) is 11.2 Å². The Morgan fingerprint density at radius 1 is 1.09 bits per heavy atom. The molecule has 122 valence electrons. The molecule has 0 fully saturated rings. The van der Waals surface area contributed by atoms with Gasteiger partial charge in [-0.05, 0) is 42.7 Å².